The lowest BCUT2D eigenvalue weighted by molar-refractivity contribution is 0.346. The molecule has 19 heavy (non-hydrogen) atoms. The molecule has 1 aliphatic carbocycles. The first-order valence-corrected chi connectivity index (χ1v) is 8.13. The predicted molar refractivity (Wildman–Crippen MR) is 75.0 cm³/mol. The number of ether oxygens (including phenoxy) is 1. The maximum Gasteiger partial charge on any atom is 0.182 e. The van der Waals surface area contributed by atoms with Crippen molar-refractivity contribution in [1.29, 1.82) is 0 Å². The van der Waals surface area contributed by atoms with Crippen LogP contribution in [0.15, 0.2) is 29.2 Å². The molecule has 106 valence electrons. The zero-order chi connectivity index (χ0) is 14.0. The number of sulfone groups is 1. The molecule has 0 radical (unpaired) electrons. The Bertz CT molecular complexity index is 541. The van der Waals surface area contributed by atoms with Crippen molar-refractivity contribution < 1.29 is 13.2 Å². The molecule has 0 aliphatic heterocycles. The molecule has 1 fully saturated rings. The van der Waals surface area contributed by atoms with Crippen LogP contribution in [0, 0.1) is 5.92 Å². The van der Waals surface area contributed by atoms with Crippen LogP contribution in [-0.4, -0.2) is 26.8 Å². The molecular formula is C14H21NO3S. The molecule has 1 aromatic carbocycles. The summed E-state index contributed by atoms with van der Waals surface area (Å²) in [5, 5.41) is -0.483. The molecule has 1 aliphatic rings. The Hall–Kier alpha value is -1.07. The molecule has 3 atom stereocenters. The van der Waals surface area contributed by atoms with Crippen molar-refractivity contribution in [2.75, 3.05) is 7.11 Å². The van der Waals surface area contributed by atoms with Gasteiger partial charge in [-0.05, 0) is 43.4 Å². The van der Waals surface area contributed by atoms with E-state index in [1.165, 1.54) is 7.11 Å². The van der Waals surface area contributed by atoms with Gasteiger partial charge in [-0.25, -0.2) is 8.42 Å². The van der Waals surface area contributed by atoms with Crippen molar-refractivity contribution in [3.8, 4) is 5.75 Å². The highest BCUT2D eigenvalue weighted by molar-refractivity contribution is 7.92. The largest absolute Gasteiger partial charge is 0.497 e. The first kappa shape index (κ1) is 14.3. The SMILES string of the molecule is COc1cccc(S(=O)(=O)C2CC(C)CCC2N)c1. The minimum atomic E-state index is -3.38. The molecule has 1 aromatic rings. The van der Waals surface area contributed by atoms with E-state index in [4.69, 9.17) is 10.5 Å². The van der Waals surface area contributed by atoms with E-state index in [1.807, 2.05) is 0 Å². The number of benzene rings is 1. The summed E-state index contributed by atoms with van der Waals surface area (Å²) < 4.78 is 30.4. The van der Waals surface area contributed by atoms with E-state index in [0.717, 1.165) is 12.8 Å². The lowest BCUT2D eigenvalue weighted by Crippen LogP contribution is -2.44. The summed E-state index contributed by atoms with van der Waals surface area (Å²) in [4.78, 5) is 0.307. The van der Waals surface area contributed by atoms with Crippen LogP contribution < -0.4 is 10.5 Å². The summed E-state index contributed by atoms with van der Waals surface area (Å²) in [6, 6.07) is 6.35. The monoisotopic (exact) mass is 283 g/mol. The molecule has 0 heterocycles. The lowest BCUT2D eigenvalue weighted by Gasteiger charge is -2.32. The first-order chi connectivity index (χ1) is 8.95. The molecule has 0 amide bonds. The summed E-state index contributed by atoms with van der Waals surface area (Å²) in [7, 11) is -1.85. The minimum absolute atomic E-state index is 0.271. The second-order valence-electron chi connectivity index (χ2n) is 5.34. The third-order valence-electron chi connectivity index (χ3n) is 3.87. The van der Waals surface area contributed by atoms with E-state index >= 15 is 0 Å². The zero-order valence-corrected chi connectivity index (χ0v) is 12.2. The number of hydrogen-bond acceptors (Lipinski definition) is 4. The Balaban J connectivity index is 2.35. The van der Waals surface area contributed by atoms with Crippen LogP contribution in [0.3, 0.4) is 0 Å². The second kappa shape index (κ2) is 5.51. The molecular weight excluding hydrogens is 262 g/mol. The van der Waals surface area contributed by atoms with Gasteiger partial charge in [0.2, 0.25) is 0 Å². The van der Waals surface area contributed by atoms with Crippen LogP contribution in [-0.2, 0) is 9.84 Å². The number of nitrogens with two attached hydrogens (primary N) is 1. The number of rotatable bonds is 3. The fraction of sp³-hybridized carbons (Fsp3) is 0.571. The average molecular weight is 283 g/mol. The van der Waals surface area contributed by atoms with Crippen LogP contribution in [0.4, 0.5) is 0 Å². The average Bonchev–Trinajstić information content (AvgIpc) is 2.41. The van der Waals surface area contributed by atoms with Crippen molar-refractivity contribution in [3.63, 3.8) is 0 Å². The quantitative estimate of drug-likeness (QED) is 0.921. The molecule has 2 rings (SSSR count). The smallest absolute Gasteiger partial charge is 0.182 e. The van der Waals surface area contributed by atoms with Gasteiger partial charge in [0.15, 0.2) is 9.84 Å². The van der Waals surface area contributed by atoms with E-state index in [9.17, 15) is 8.42 Å². The summed E-state index contributed by atoms with van der Waals surface area (Å²) in [6.45, 7) is 2.08. The van der Waals surface area contributed by atoms with E-state index in [2.05, 4.69) is 6.92 Å². The highest BCUT2D eigenvalue weighted by atomic mass is 32.2. The Kier molecular flexibility index (Phi) is 4.16. The van der Waals surface area contributed by atoms with Gasteiger partial charge in [0.25, 0.3) is 0 Å². The zero-order valence-electron chi connectivity index (χ0n) is 11.4. The van der Waals surface area contributed by atoms with Crippen LogP contribution in [0.2, 0.25) is 0 Å². The number of methoxy groups -OCH3 is 1. The molecule has 0 spiro atoms. The van der Waals surface area contributed by atoms with Crippen LogP contribution >= 0.6 is 0 Å². The Morgan fingerprint density at radius 1 is 1.32 bits per heavy atom. The fourth-order valence-electron chi connectivity index (χ4n) is 2.66. The van der Waals surface area contributed by atoms with Gasteiger partial charge in [-0.2, -0.15) is 0 Å². The van der Waals surface area contributed by atoms with Crippen molar-refractivity contribution in [2.24, 2.45) is 11.7 Å². The summed E-state index contributed by atoms with van der Waals surface area (Å²) in [6.07, 6.45) is 2.42. The van der Waals surface area contributed by atoms with Gasteiger partial charge in [-0.15, -0.1) is 0 Å². The van der Waals surface area contributed by atoms with Crippen LogP contribution in [0.25, 0.3) is 0 Å². The standard InChI is InChI=1S/C14H21NO3S/c1-10-6-7-13(15)14(8-10)19(16,17)12-5-3-4-11(9-12)18-2/h3-5,9-10,13-14H,6-8,15H2,1-2H3. The summed E-state index contributed by atoms with van der Waals surface area (Å²) >= 11 is 0. The minimum Gasteiger partial charge on any atom is -0.497 e. The van der Waals surface area contributed by atoms with Crippen LogP contribution in [0.5, 0.6) is 5.75 Å². The lowest BCUT2D eigenvalue weighted by atomic mass is 9.87. The molecule has 5 heteroatoms. The maximum atomic E-state index is 12.7. The topological polar surface area (TPSA) is 69.4 Å². The first-order valence-electron chi connectivity index (χ1n) is 6.58. The van der Waals surface area contributed by atoms with Gasteiger partial charge >= 0.3 is 0 Å². The molecule has 2 N–H and O–H groups in total. The second-order valence-corrected chi connectivity index (χ2v) is 7.51. The van der Waals surface area contributed by atoms with E-state index < -0.39 is 15.1 Å². The summed E-state index contributed by atoms with van der Waals surface area (Å²) in [5.41, 5.74) is 6.02. The van der Waals surface area contributed by atoms with Gasteiger partial charge in [0, 0.05) is 6.04 Å². The van der Waals surface area contributed by atoms with Gasteiger partial charge in [-0.1, -0.05) is 13.0 Å². The Morgan fingerprint density at radius 2 is 2.05 bits per heavy atom. The van der Waals surface area contributed by atoms with Gasteiger partial charge in [-0.3, -0.25) is 0 Å². The predicted octanol–water partition coefficient (Wildman–Crippen LogP) is 1.98. The van der Waals surface area contributed by atoms with Crippen molar-refractivity contribution in [3.05, 3.63) is 24.3 Å². The van der Waals surface area contributed by atoms with Crippen LogP contribution in [0.1, 0.15) is 26.2 Å². The van der Waals surface area contributed by atoms with Crippen molar-refractivity contribution in [1.82, 2.24) is 0 Å². The van der Waals surface area contributed by atoms with E-state index in [0.29, 0.717) is 23.0 Å². The van der Waals surface area contributed by atoms with E-state index in [1.54, 1.807) is 24.3 Å². The highest BCUT2D eigenvalue weighted by Crippen LogP contribution is 2.32. The molecule has 4 nitrogen and oxygen atoms in total. The van der Waals surface area contributed by atoms with E-state index in [-0.39, 0.29) is 6.04 Å². The third kappa shape index (κ3) is 2.92. The van der Waals surface area contributed by atoms with Gasteiger partial charge in [0.05, 0.1) is 17.3 Å². The molecule has 1 saturated carbocycles. The van der Waals surface area contributed by atoms with Crippen molar-refractivity contribution in [2.45, 2.75) is 42.4 Å². The molecule has 0 bridgehead atoms. The van der Waals surface area contributed by atoms with Gasteiger partial charge in [0.1, 0.15) is 5.75 Å². The fourth-order valence-corrected chi connectivity index (χ4v) is 4.74. The van der Waals surface area contributed by atoms with Crippen molar-refractivity contribution >= 4 is 9.84 Å². The Morgan fingerprint density at radius 3 is 2.74 bits per heavy atom. The molecule has 0 aromatic heterocycles. The summed E-state index contributed by atoms with van der Waals surface area (Å²) in [5.74, 6) is 0.962. The molecule has 0 saturated heterocycles. The number of hydrogen-bond donors (Lipinski definition) is 1. The third-order valence-corrected chi connectivity index (χ3v) is 6.12. The molecule has 3 unspecified atom stereocenters. The van der Waals surface area contributed by atoms with Gasteiger partial charge < -0.3 is 10.5 Å². The normalized spacial score (nSPS) is 28.1. The highest BCUT2D eigenvalue weighted by Gasteiger charge is 2.37. The maximum absolute atomic E-state index is 12.7. The Labute approximate surface area is 114 Å².